The van der Waals surface area contributed by atoms with Gasteiger partial charge >= 0.3 is 0 Å². The van der Waals surface area contributed by atoms with Crippen LogP contribution in [0.3, 0.4) is 0 Å². The summed E-state index contributed by atoms with van der Waals surface area (Å²) in [5.41, 5.74) is 10.9. The molecule has 2 aromatic carbocycles. The van der Waals surface area contributed by atoms with Gasteiger partial charge in [-0.3, -0.25) is 10.4 Å². The maximum Gasteiger partial charge on any atom is 0.203 e. The molecule has 0 spiro atoms. The Morgan fingerprint density at radius 2 is 1.89 bits per heavy atom. The Hall–Kier alpha value is -2.96. The largest absolute Gasteiger partial charge is 0.392 e. The fraction of sp³-hybridized carbons (Fsp3) is 0.238. The average Bonchev–Trinajstić information content (AvgIpc) is 2.97. The van der Waals surface area contributed by atoms with E-state index in [1.165, 1.54) is 0 Å². The zero-order valence-corrected chi connectivity index (χ0v) is 15.1. The molecule has 6 nitrogen and oxygen atoms in total. The van der Waals surface area contributed by atoms with Gasteiger partial charge in [-0.1, -0.05) is 30.3 Å². The number of fused-ring (bicyclic) bond motifs is 2. The van der Waals surface area contributed by atoms with Crippen LogP contribution in [0.5, 0.6) is 0 Å². The quantitative estimate of drug-likeness (QED) is 0.492. The zero-order chi connectivity index (χ0) is 18.8. The molecular weight excluding hydrogens is 338 g/mol. The summed E-state index contributed by atoms with van der Waals surface area (Å²) in [6.45, 7) is 1.81. The number of benzene rings is 2. The highest BCUT2D eigenvalue weighted by Gasteiger charge is 2.13. The van der Waals surface area contributed by atoms with Crippen molar-refractivity contribution in [2.75, 3.05) is 6.54 Å². The van der Waals surface area contributed by atoms with Crippen molar-refractivity contribution < 1.29 is 5.11 Å². The summed E-state index contributed by atoms with van der Waals surface area (Å²) in [4.78, 5) is 4.54. The number of nitrogens with zero attached hydrogens (tertiary/aromatic N) is 3. The molecule has 0 saturated heterocycles. The minimum Gasteiger partial charge on any atom is -0.392 e. The van der Waals surface area contributed by atoms with Gasteiger partial charge in [0, 0.05) is 18.1 Å². The van der Waals surface area contributed by atoms with Crippen molar-refractivity contribution in [3.8, 4) is 0 Å². The summed E-state index contributed by atoms with van der Waals surface area (Å²) >= 11 is 0. The highest BCUT2D eigenvalue weighted by Crippen LogP contribution is 2.21. The van der Waals surface area contributed by atoms with Crippen LogP contribution in [0.1, 0.15) is 17.5 Å². The maximum atomic E-state index is 9.55. The molecule has 0 amide bonds. The number of para-hydroxylation sites is 1. The Kier molecular flexibility index (Phi) is 4.75. The number of aliphatic hydroxyl groups is 1. The molecule has 0 aliphatic rings. The Labute approximate surface area is 157 Å². The van der Waals surface area contributed by atoms with E-state index in [1.54, 1.807) is 6.20 Å². The van der Waals surface area contributed by atoms with Gasteiger partial charge < -0.3 is 20.0 Å². The lowest BCUT2D eigenvalue weighted by molar-refractivity contribution is 0.282. The number of aromatic nitrogens is 3. The van der Waals surface area contributed by atoms with Crippen LogP contribution in [-0.2, 0) is 19.7 Å². The fourth-order valence-electron chi connectivity index (χ4n) is 3.59. The van der Waals surface area contributed by atoms with E-state index in [2.05, 4.69) is 11.1 Å². The van der Waals surface area contributed by atoms with E-state index >= 15 is 0 Å². The lowest BCUT2D eigenvalue weighted by atomic mass is 10.1. The number of rotatable bonds is 6. The first kappa shape index (κ1) is 17.5. The second-order valence-electron chi connectivity index (χ2n) is 6.68. The van der Waals surface area contributed by atoms with E-state index in [-0.39, 0.29) is 6.61 Å². The van der Waals surface area contributed by atoms with Crippen molar-refractivity contribution in [1.82, 2.24) is 14.1 Å². The first-order valence-corrected chi connectivity index (χ1v) is 9.13. The van der Waals surface area contributed by atoms with Crippen molar-refractivity contribution >= 4 is 21.9 Å². The number of pyridine rings is 1. The average molecular weight is 361 g/mol. The van der Waals surface area contributed by atoms with Crippen molar-refractivity contribution in [2.24, 2.45) is 5.73 Å². The lowest BCUT2D eigenvalue weighted by Crippen LogP contribution is -2.26. The second-order valence-corrected chi connectivity index (χ2v) is 6.68. The van der Waals surface area contributed by atoms with Crippen molar-refractivity contribution in [1.29, 1.82) is 5.41 Å². The molecule has 0 atom stereocenters. The molecule has 0 bridgehead atoms. The van der Waals surface area contributed by atoms with Gasteiger partial charge in [0.15, 0.2) is 0 Å². The predicted octanol–water partition coefficient (Wildman–Crippen LogP) is 2.36. The SMILES string of the molecule is N=c1n(CCCN)c2ccc(CO)cc2n1Cc1cccc2cccnc12. The van der Waals surface area contributed by atoms with Crippen LogP contribution in [-0.4, -0.2) is 25.8 Å². The Morgan fingerprint density at radius 1 is 1.04 bits per heavy atom. The third kappa shape index (κ3) is 3.13. The normalized spacial score (nSPS) is 11.5. The minimum absolute atomic E-state index is 0.0208. The molecule has 27 heavy (non-hydrogen) atoms. The molecule has 4 N–H and O–H groups in total. The van der Waals surface area contributed by atoms with E-state index in [0.29, 0.717) is 25.3 Å². The fourth-order valence-corrected chi connectivity index (χ4v) is 3.59. The molecule has 0 radical (unpaired) electrons. The Bertz CT molecular complexity index is 1150. The predicted molar refractivity (Wildman–Crippen MR) is 106 cm³/mol. The van der Waals surface area contributed by atoms with Gasteiger partial charge in [0.2, 0.25) is 5.62 Å². The topological polar surface area (TPSA) is 92.9 Å². The molecule has 0 aliphatic heterocycles. The van der Waals surface area contributed by atoms with Gasteiger partial charge in [0.1, 0.15) is 0 Å². The van der Waals surface area contributed by atoms with Crippen molar-refractivity contribution in [3.05, 3.63) is 71.5 Å². The van der Waals surface area contributed by atoms with Crippen molar-refractivity contribution in [3.63, 3.8) is 0 Å². The third-order valence-corrected chi connectivity index (χ3v) is 4.95. The Balaban J connectivity index is 1.89. The number of imidazole rings is 1. The summed E-state index contributed by atoms with van der Waals surface area (Å²) in [7, 11) is 0. The summed E-state index contributed by atoms with van der Waals surface area (Å²) in [5, 5.41) is 19.4. The lowest BCUT2D eigenvalue weighted by Gasteiger charge is -2.08. The van der Waals surface area contributed by atoms with Gasteiger partial charge in [0.25, 0.3) is 0 Å². The molecule has 2 heterocycles. The van der Waals surface area contributed by atoms with Gasteiger partial charge in [0.05, 0.1) is 29.7 Å². The van der Waals surface area contributed by atoms with E-state index in [9.17, 15) is 5.11 Å². The maximum absolute atomic E-state index is 9.55. The molecule has 0 aliphatic carbocycles. The monoisotopic (exact) mass is 361 g/mol. The van der Waals surface area contributed by atoms with Crippen LogP contribution < -0.4 is 11.4 Å². The number of aryl methyl sites for hydroxylation is 1. The van der Waals surface area contributed by atoms with E-state index in [4.69, 9.17) is 11.1 Å². The first-order chi connectivity index (χ1) is 13.2. The summed E-state index contributed by atoms with van der Waals surface area (Å²) in [6, 6.07) is 16.0. The zero-order valence-electron chi connectivity index (χ0n) is 15.1. The molecule has 0 saturated carbocycles. The van der Waals surface area contributed by atoms with E-state index < -0.39 is 0 Å². The summed E-state index contributed by atoms with van der Waals surface area (Å²) < 4.78 is 3.97. The summed E-state index contributed by atoms with van der Waals surface area (Å²) in [5.74, 6) is 0. The van der Waals surface area contributed by atoms with Gasteiger partial charge in [-0.15, -0.1) is 0 Å². The third-order valence-electron chi connectivity index (χ3n) is 4.95. The molecule has 4 aromatic rings. The van der Waals surface area contributed by atoms with Crippen LogP contribution >= 0.6 is 0 Å². The molecule has 4 rings (SSSR count). The number of nitrogens with two attached hydrogens (primary N) is 1. The van der Waals surface area contributed by atoms with Crippen LogP contribution in [0.4, 0.5) is 0 Å². The van der Waals surface area contributed by atoms with Crippen LogP contribution in [0, 0.1) is 5.41 Å². The van der Waals surface area contributed by atoms with E-state index in [0.717, 1.165) is 39.5 Å². The summed E-state index contributed by atoms with van der Waals surface area (Å²) in [6.07, 6.45) is 2.61. The first-order valence-electron chi connectivity index (χ1n) is 9.13. The number of hydrogen-bond donors (Lipinski definition) is 3. The molecule has 6 heteroatoms. The molecule has 0 fully saturated rings. The molecule has 138 valence electrons. The highest BCUT2D eigenvalue weighted by molar-refractivity contribution is 5.82. The van der Waals surface area contributed by atoms with Crippen molar-refractivity contribution in [2.45, 2.75) is 26.1 Å². The van der Waals surface area contributed by atoms with Crippen LogP contribution in [0.2, 0.25) is 0 Å². The van der Waals surface area contributed by atoms with Crippen LogP contribution in [0.25, 0.3) is 21.9 Å². The van der Waals surface area contributed by atoms with Gasteiger partial charge in [-0.05, 0) is 42.3 Å². The van der Waals surface area contributed by atoms with E-state index in [1.807, 2.05) is 51.6 Å². The number of aliphatic hydroxyl groups excluding tert-OH is 1. The van der Waals surface area contributed by atoms with Crippen LogP contribution in [0.15, 0.2) is 54.7 Å². The standard InChI is InChI=1S/C21H23N5O/c22-9-3-11-25-18-8-7-15(14-27)12-19(18)26(21(25)23)13-17-5-1-4-16-6-2-10-24-20(16)17/h1-2,4-8,10,12,23,27H,3,9,11,13-14,22H2. The molecular formula is C21H23N5O. The number of hydrogen-bond acceptors (Lipinski definition) is 4. The highest BCUT2D eigenvalue weighted by atomic mass is 16.3. The number of nitrogens with one attached hydrogen (secondary N) is 1. The smallest absolute Gasteiger partial charge is 0.203 e. The van der Waals surface area contributed by atoms with Gasteiger partial charge in [-0.25, -0.2) is 0 Å². The molecule has 0 unspecified atom stereocenters. The Morgan fingerprint density at radius 3 is 2.70 bits per heavy atom. The molecule has 2 aromatic heterocycles. The second kappa shape index (κ2) is 7.34. The minimum atomic E-state index is -0.0208. The van der Waals surface area contributed by atoms with Gasteiger partial charge in [-0.2, -0.15) is 0 Å².